The fraction of sp³-hybridized carbons (Fsp3) is 0.298. The summed E-state index contributed by atoms with van der Waals surface area (Å²) in [6.07, 6.45) is 8.10. The number of piperazine rings is 1. The number of nitrogens with one attached hydrogen (secondary N) is 2. The van der Waals surface area contributed by atoms with Gasteiger partial charge in [-0.25, -0.2) is 18.1 Å². The number of aromatic nitrogens is 3. The maximum atomic E-state index is 14.0. The number of amides is 1. The standard InChI is InChI=1S/C47H45Cl2N7O7S/c1-47(2)13-11-31(40(24-47)29-3-5-33(48)6-4-29)27-54-15-17-55(18-16-54)35-8-9-38(44(21-35)63-36-19-30-12-14-50-45(30)52-26-36)46(57)53-64(60,61)37-22-42(56(58)59)39-20-32(28-62-43(39)23-37)41-10-7-34(49)25-51-41/h3-10,12,14,19,21-23,25-26,32H,11,13,15-18,20,24,27-28H2,1-2H3,(H,50,52)(H,53,57)/t32-/m1/s1. The third-order valence-electron chi connectivity index (χ3n) is 12.3. The molecule has 3 aromatic carbocycles. The van der Waals surface area contributed by atoms with Gasteiger partial charge in [0.05, 0.1) is 38.8 Å². The van der Waals surface area contributed by atoms with Crippen molar-refractivity contribution in [2.24, 2.45) is 5.41 Å². The van der Waals surface area contributed by atoms with Gasteiger partial charge in [-0.05, 0) is 90.8 Å². The number of carbonyl (C=O) groups excluding carboxylic acids is 1. The maximum absolute atomic E-state index is 14.0. The number of rotatable bonds is 11. The number of hydrogen-bond donors (Lipinski definition) is 2. The molecule has 2 aliphatic heterocycles. The zero-order valence-corrected chi connectivity index (χ0v) is 37.5. The Labute approximate surface area is 380 Å². The Hall–Kier alpha value is -6.00. The highest BCUT2D eigenvalue weighted by molar-refractivity contribution is 7.90. The molecular weight excluding hydrogens is 878 g/mol. The predicted molar refractivity (Wildman–Crippen MR) is 246 cm³/mol. The first-order chi connectivity index (χ1) is 30.7. The second kappa shape index (κ2) is 17.5. The SMILES string of the molecule is CC1(C)CCC(CN2CCN(c3ccc(C(=O)NS(=O)(=O)c4cc5c(c([N+](=O)[O-])c4)C[C@@H](c4ccc(Cl)cn4)CO5)c(Oc4cnc5[nH]ccc5c4)c3)CC2)=C(c2ccc(Cl)cc2)C1. The van der Waals surface area contributed by atoms with E-state index < -0.39 is 31.4 Å². The van der Waals surface area contributed by atoms with E-state index in [1.807, 2.05) is 18.2 Å². The van der Waals surface area contributed by atoms with Crippen LogP contribution >= 0.6 is 23.2 Å². The molecule has 5 heterocycles. The van der Waals surface area contributed by atoms with Crippen LogP contribution in [-0.2, 0) is 16.4 Å². The van der Waals surface area contributed by atoms with Gasteiger partial charge in [-0.1, -0.05) is 54.8 Å². The minimum Gasteiger partial charge on any atom is -0.492 e. The van der Waals surface area contributed by atoms with E-state index in [2.05, 4.69) is 55.5 Å². The van der Waals surface area contributed by atoms with Crippen LogP contribution in [0.5, 0.6) is 17.2 Å². The summed E-state index contributed by atoms with van der Waals surface area (Å²) in [5, 5.41) is 14.3. The number of aromatic amines is 1. The number of allylic oxidation sites excluding steroid dienone is 1. The van der Waals surface area contributed by atoms with Crippen LogP contribution in [0, 0.1) is 15.5 Å². The Morgan fingerprint density at radius 3 is 2.52 bits per heavy atom. The predicted octanol–water partition coefficient (Wildman–Crippen LogP) is 9.59. The number of halogens is 2. The molecule has 1 amide bonds. The van der Waals surface area contributed by atoms with Crippen molar-refractivity contribution in [3.05, 3.63) is 146 Å². The largest absolute Gasteiger partial charge is 0.492 e. The Balaban J connectivity index is 0.953. The van der Waals surface area contributed by atoms with E-state index >= 15 is 0 Å². The van der Waals surface area contributed by atoms with Crippen LogP contribution in [0.4, 0.5) is 11.4 Å². The number of carbonyl (C=O) groups is 1. The zero-order valence-electron chi connectivity index (χ0n) is 35.1. The average molecular weight is 923 g/mol. The van der Waals surface area contributed by atoms with Gasteiger partial charge in [0, 0.05) is 91.0 Å². The molecule has 9 rings (SSSR count). The van der Waals surface area contributed by atoms with Crippen LogP contribution in [-0.4, -0.2) is 78.4 Å². The Bertz CT molecular complexity index is 2910. The van der Waals surface area contributed by atoms with E-state index in [4.69, 9.17) is 32.7 Å². The molecule has 0 spiro atoms. The van der Waals surface area contributed by atoms with Crippen molar-refractivity contribution in [3.63, 3.8) is 0 Å². The lowest BCUT2D eigenvalue weighted by Gasteiger charge is -2.39. The number of pyridine rings is 2. The van der Waals surface area contributed by atoms with Crippen molar-refractivity contribution in [2.75, 3.05) is 44.2 Å². The molecule has 0 radical (unpaired) electrons. The third kappa shape index (κ3) is 9.29. The lowest BCUT2D eigenvalue weighted by atomic mass is 9.72. The second-order valence-electron chi connectivity index (χ2n) is 17.3. The molecule has 1 aliphatic carbocycles. The summed E-state index contributed by atoms with van der Waals surface area (Å²) in [7, 11) is -4.67. The molecule has 1 saturated heterocycles. The molecule has 0 bridgehead atoms. The molecular formula is C47H45Cl2N7O7S. The summed E-state index contributed by atoms with van der Waals surface area (Å²) < 4.78 is 42.2. The first-order valence-corrected chi connectivity index (χ1v) is 23.2. The number of benzene rings is 3. The van der Waals surface area contributed by atoms with E-state index in [0.29, 0.717) is 35.2 Å². The second-order valence-corrected chi connectivity index (χ2v) is 19.8. The third-order valence-corrected chi connectivity index (χ3v) is 14.1. The molecule has 1 fully saturated rings. The van der Waals surface area contributed by atoms with Gasteiger partial charge in [0.1, 0.15) is 22.9 Å². The molecule has 14 nitrogen and oxygen atoms in total. The average Bonchev–Trinajstić information content (AvgIpc) is 3.75. The molecule has 64 heavy (non-hydrogen) atoms. The van der Waals surface area contributed by atoms with Gasteiger partial charge in [0.2, 0.25) is 0 Å². The van der Waals surface area contributed by atoms with Crippen LogP contribution in [0.1, 0.15) is 66.2 Å². The van der Waals surface area contributed by atoms with Crippen LogP contribution in [0.15, 0.2) is 108 Å². The molecule has 2 N–H and O–H groups in total. The number of nitro groups is 1. The number of nitrogens with zero attached hydrogens (tertiary/aromatic N) is 5. The van der Waals surface area contributed by atoms with Gasteiger partial charge < -0.3 is 19.4 Å². The van der Waals surface area contributed by atoms with Gasteiger partial charge in [-0.15, -0.1) is 0 Å². The number of ether oxygens (including phenoxy) is 2. The van der Waals surface area contributed by atoms with Gasteiger partial charge >= 0.3 is 0 Å². The van der Waals surface area contributed by atoms with E-state index in [9.17, 15) is 23.3 Å². The fourth-order valence-corrected chi connectivity index (χ4v) is 10.0. The van der Waals surface area contributed by atoms with Crippen molar-refractivity contribution in [2.45, 2.75) is 50.3 Å². The van der Waals surface area contributed by atoms with Gasteiger partial charge in [-0.2, -0.15) is 0 Å². The topological polar surface area (TPSA) is 173 Å². The van der Waals surface area contributed by atoms with Crippen molar-refractivity contribution >= 4 is 67.1 Å². The monoisotopic (exact) mass is 921 g/mol. The van der Waals surface area contributed by atoms with E-state index in [-0.39, 0.29) is 47.0 Å². The zero-order chi connectivity index (χ0) is 44.8. The smallest absolute Gasteiger partial charge is 0.277 e. The molecule has 0 saturated carbocycles. The summed E-state index contributed by atoms with van der Waals surface area (Å²) in [6.45, 7) is 8.66. The van der Waals surface area contributed by atoms with Gasteiger partial charge in [-0.3, -0.25) is 24.8 Å². The van der Waals surface area contributed by atoms with Crippen LogP contribution in [0.2, 0.25) is 10.0 Å². The Kier molecular flexibility index (Phi) is 11.8. The number of H-pyrrole nitrogens is 1. The summed E-state index contributed by atoms with van der Waals surface area (Å²) in [4.78, 5) is 41.7. The van der Waals surface area contributed by atoms with Crippen molar-refractivity contribution in [1.29, 1.82) is 0 Å². The first-order valence-electron chi connectivity index (χ1n) is 21.0. The number of anilines is 1. The minimum absolute atomic E-state index is 0.0368. The lowest BCUT2D eigenvalue weighted by Crippen LogP contribution is -2.47. The molecule has 3 aromatic heterocycles. The van der Waals surface area contributed by atoms with Crippen LogP contribution < -0.4 is 19.1 Å². The highest BCUT2D eigenvalue weighted by Gasteiger charge is 2.34. The summed E-state index contributed by atoms with van der Waals surface area (Å²) in [5.41, 5.74) is 6.08. The van der Waals surface area contributed by atoms with Crippen molar-refractivity contribution in [3.8, 4) is 17.2 Å². The summed E-state index contributed by atoms with van der Waals surface area (Å²) in [6, 6.07) is 22.3. The molecule has 3 aliphatic rings. The first kappa shape index (κ1) is 43.3. The number of sulfonamides is 1. The number of nitro benzene ring substituents is 1. The summed E-state index contributed by atoms with van der Waals surface area (Å²) >= 11 is 12.2. The number of hydrogen-bond acceptors (Lipinski definition) is 11. The molecule has 17 heteroatoms. The summed E-state index contributed by atoms with van der Waals surface area (Å²) in [5.74, 6) is -0.841. The van der Waals surface area contributed by atoms with Crippen molar-refractivity contribution in [1.82, 2.24) is 24.6 Å². The highest BCUT2D eigenvalue weighted by atomic mass is 35.5. The quantitative estimate of drug-likeness (QED) is 0.0936. The maximum Gasteiger partial charge on any atom is 0.277 e. The molecule has 330 valence electrons. The Morgan fingerprint density at radius 2 is 1.77 bits per heavy atom. The van der Waals surface area contributed by atoms with Gasteiger partial charge in [0.15, 0.2) is 0 Å². The Morgan fingerprint density at radius 1 is 0.984 bits per heavy atom. The van der Waals surface area contributed by atoms with Gasteiger partial charge in [0.25, 0.3) is 21.6 Å². The minimum atomic E-state index is -4.67. The van der Waals surface area contributed by atoms with Crippen LogP contribution in [0.3, 0.4) is 0 Å². The highest BCUT2D eigenvalue weighted by Crippen LogP contribution is 2.44. The molecule has 1 atom stereocenters. The molecule has 6 aromatic rings. The normalized spacial score (nSPS) is 17.8. The van der Waals surface area contributed by atoms with E-state index in [1.165, 1.54) is 41.2 Å². The van der Waals surface area contributed by atoms with Crippen LogP contribution in [0.25, 0.3) is 16.6 Å². The number of fused-ring (bicyclic) bond motifs is 2. The fourth-order valence-electron chi connectivity index (χ4n) is 8.79. The van der Waals surface area contributed by atoms with E-state index in [1.54, 1.807) is 36.5 Å². The molecule has 0 unspecified atom stereocenters. The van der Waals surface area contributed by atoms with E-state index in [0.717, 1.165) is 61.1 Å². The van der Waals surface area contributed by atoms with Crippen molar-refractivity contribution < 1.29 is 27.6 Å². The lowest BCUT2D eigenvalue weighted by molar-refractivity contribution is -0.386.